The lowest BCUT2D eigenvalue weighted by Crippen LogP contribution is -2.42. The predicted octanol–water partition coefficient (Wildman–Crippen LogP) is 1.63. The first kappa shape index (κ1) is 14.1. The van der Waals surface area contributed by atoms with Gasteiger partial charge in [-0.3, -0.25) is 9.59 Å². The summed E-state index contributed by atoms with van der Waals surface area (Å²) in [5, 5.41) is 11.7. The van der Waals surface area contributed by atoms with E-state index in [0.717, 1.165) is 19.3 Å². The molecule has 3 rings (SSSR count). The molecule has 2 aliphatic rings. The molecule has 2 saturated carbocycles. The molecule has 0 aliphatic heterocycles. The maximum absolute atomic E-state index is 12.4. The lowest BCUT2D eigenvalue weighted by Gasteiger charge is -2.27. The largest absolute Gasteiger partial charge is 0.481 e. The van der Waals surface area contributed by atoms with Crippen LogP contribution in [-0.4, -0.2) is 23.0 Å². The van der Waals surface area contributed by atoms with Gasteiger partial charge >= 0.3 is 5.97 Å². The number of nitrogens with two attached hydrogens (primary N) is 1. The number of aliphatic carboxylic acids is 1. The molecule has 4 unspecified atom stereocenters. The summed E-state index contributed by atoms with van der Waals surface area (Å²) in [5.41, 5.74) is 7.50. The van der Waals surface area contributed by atoms with Gasteiger partial charge in [-0.25, -0.2) is 0 Å². The number of rotatable bonds is 4. The predicted molar refractivity (Wildman–Crippen MR) is 78.7 cm³/mol. The first-order valence-electron chi connectivity index (χ1n) is 7.42. The van der Waals surface area contributed by atoms with Gasteiger partial charge < -0.3 is 16.2 Å². The number of anilines is 1. The molecule has 5 nitrogen and oxygen atoms in total. The number of benzene rings is 1. The van der Waals surface area contributed by atoms with Crippen molar-refractivity contribution < 1.29 is 14.7 Å². The van der Waals surface area contributed by atoms with Gasteiger partial charge in [-0.1, -0.05) is 12.1 Å². The van der Waals surface area contributed by atoms with Gasteiger partial charge in [0, 0.05) is 11.7 Å². The highest BCUT2D eigenvalue weighted by Crippen LogP contribution is 2.47. The number of carbonyl (C=O) groups excluding carboxylic acids is 1. The highest BCUT2D eigenvalue weighted by atomic mass is 16.4. The summed E-state index contributed by atoms with van der Waals surface area (Å²) < 4.78 is 0. The molecule has 0 spiro atoms. The van der Waals surface area contributed by atoms with Gasteiger partial charge in [0.25, 0.3) is 0 Å². The molecule has 4 N–H and O–H groups in total. The number of carboxylic acid groups (broad SMARTS) is 1. The number of nitrogens with one attached hydrogen (secondary N) is 1. The zero-order chi connectivity index (χ0) is 15.0. The fourth-order valence-corrected chi connectivity index (χ4v) is 3.88. The van der Waals surface area contributed by atoms with E-state index in [2.05, 4.69) is 5.32 Å². The van der Waals surface area contributed by atoms with E-state index in [1.165, 1.54) is 0 Å². The first-order valence-corrected chi connectivity index (χ1v) is 7.42. The van der Waals surface area contributed by atoms with Crippen LogP contribution in [0.25, 0.3) is 0 Å². The number of fused-ring (bicyclic) bond motifs is 2. The molecule has 0 aromatic heterocycles. The molecule has 112 valence electrons. The minimum atomic E-state index is -0.881. The minimum absolute atomic E-state index is 0.0258. The van der Waals surface area contributed by atoms with Crippen molar-refractivity contribution in [3.05, 3.63) is 29.8 Å². The molecule has 0 heterocycles. The highest BCUT2D eigenvalue weighted by molar-refractivity contribution is 5.93. The maximum atomic E-state index is 12.4. The van der Waals surface area contributed by atoms with Crippen molar-refractivity contribution in [3.8, 4) is 0 Å². The third kappa shape index (κ3) is 2.78. The Morgan fingerprint density at radius 3 is 2.71 bits per heavy atom. The molecule has 2 fully saturated rings. The summed E-state index contributed by atoms with van der Waals surface area (Å²) in [6, 6.07) is 6.96. The van der Waals surface area contributed by atoms with Crippen molar-refractivity contribution in [2.45, 2.75) is 31.7 Å². The topological polar surface area (TPSA) is 92.4 Å². The summed E-state index contributed by atoms with van der Waals surface area (Å²) in [6.45, 7) is 0. The number of hydrogen-bond acceptors (Lipinski definition) is 3. The van der Waals surface area contributed by atoms with Crippen molar-refractivity contribution in [2.24, 2.45) is 23.5 Å². The van der Waals surface area contributed by atoms with E-state index in [-0.39, 0.29) is 24.3 Å². The molecule has 5 heteroatoms. The van der Waals surface area contributed by atoms with Crippen LogP contribution in [0, 0.1) is 17.8 Å². The SMILES string of the molecule is NC1C2CCC(C2)C1C(=O)Nc1cccc(CC(=O)O)c1. The molecule has 2 aliphatic carbocycles. The molecular weight excluding hydrogens is 268 g/mol. The van der Waals surface area contributed by atoms with Crippen molar-refractivity contribution in [1.29, 1.82) is 0 Å². The molecular formula is C16H20N2O3. The summed E-state index contributed by atoms with van der Waals surface area (Å²) in [6.07, 6.45) is 3.26. The fourth-order valence-electron chi connectivity index (χ4n) is 3.88. The average molecular weight is 288 g/mol. The molecule has 1 amide bonds. The summed E-state index contributed by atoms with van der Waals surface area (Å²) >= 11 is 0. The van der Waals surface area contributed by atoms with Crippen LogP contribution in [0.3, 0.4) is 0 Å². The molecule has 2 bridgehead atoms. The van der Waals surface area contributed by atoms with Crippen LogP contribution in [-0.2, 0) is 16.0 Å². The average Bonchev–Trinajstić information content (AvgIpc) is 2.98. The van der Waals surface area contributed by atoms with Crippen molar-refractivity contribution in [3.63, 3.8) is 0 Å². The number of hydrogen-bond donors (Lipinski definition) is 3. The van der Waals surface area contributed by atoms with Gasteiger partial charge in [0.05, 0.1) is 12.3 Å². The lowest BCUT2D eigenvalue weighted by molar-refractivity contribution is -0.136. The number of carbonyl (C=O) groups is 2. The maximum Gasteiger partial charge on any atom is 0.307 e. The Morgan fingerprint density at radius 2 is 2.05 bits per heavy atom. The van der Waals surface area contributed by atoms with Crippen LogP contribution in [0.15, 0.2) is 24.3 Å². The molecule has 1 aromatic carbocycles. The standard InChI is InChI=1S/C16H20N2O3/c17-15-11-5-4-10(8-11)14(15)16(21)18-12-3-1-2-9(6-12)7-13(19)20/h1-3,6,10-11,14-15H,4-5,7-8,17H2,(H,18,21)(H,19,20). The van der Waals surface area contributed by atoms with Crippen molar-refractivity contribution in [2.75, 3.05) is 5.32 Å². The quantitative estimate of drug-likeness (QED) is 0.785. The van der Waals surface area contributed by atoms with E-state index in [4.69, 9.17) is 10.8 Å². The summed E-state index contributed by atoms with van der Waals surface area (Å²) in [7, 11) is 0. The zero-order valence-corrected chi connectivity index (χ0v) is 11.8. The Hall–Kier alpha value is -1.88. The van der Waals surface area contributed by atoms with Crippen LogP contribution in [0.5, 0.6) is 0 Å². The molecule has 0 radical (unpaired) electrons. The van der Waals surface area contributed by atoms with E-state index in [0.29, 0.717) is 23.1 Å². The zero-order valence-electron chi connectivity index (χ0n) is 11.8. The van der Waals surface area contributed by atoms with Gasteiger partial charge in [-0.15, -0.1) is 0 Å². The van der Waals surface area contributed by atoms with Crippen LogP contribution >= 0.6 is 0 Å². The van der Waals surface area contributed by atoms with Crippen LogP contribution in [0.2, 0.25) is 0 Å². The Morgan fingerprint density at radius 1 is 1.29 bits per heavy atom. The van der Waals surface area contributed by atoms with Crippen molar-refractivity contribution in [1.82, 2.24) is 0 Å². The second kappa shape index (κ2) is 5.48. The van der Waals surface area contributed by atoms with E-state index in [9.17, 15) is 9.59 Å². The Kier molecular flexibility index (Phi) is 3.68. The molecule has 0 saturated heterocycles. The van der Waals surface area contributed by atoms with Gasteiger partial charge in [0.2, 0.25) is 5.91 Å². The number of carboxylic acids is 1. The smallest absolute Gasteiger partial charge is 0.307 e. The normalized spacial score (nSPS) is 30.3. The Balaban J connectivity index is 1.69. The molecule has 21 heavy (non-hydrogen) atoms. The fraction of sp³-hybridized carbons (Fsp3) is 0.500. The van der Waals surface area contributed by atoms with E-state index in [1.807, 2.05) is 0 Å². The van der Waals surface area contributed by atoms with Gasteiger partial charge in [-0.05, 0) is 48.8 Å². The second-order valence-electron chi connectivity index (χ2n) is 6.20. The van der Waals surface area contributed by atoms with Gasteiger partial charge in [0.1, 0.15) is 0 Å². The summed E-state index contributed by atoms with van der Waals surface area (Å²) in [4.78, 5) is 23.2. The van der Waals surface area contributed by atoms with Gasteiger partial charge in [-0.2, -0.15) is 0 Å². The third-order valence-corrected chi connectivity index (χ3v) is 4.83. The minimum Gasteiger partial charge on any atom is -0.481 e. The lowest BCUT2D eigenvalue weighted by atomic mass is 9.84. The second-order valence-corrected chi connectivity index (χ2v) is 6.20. The summed E-state index contributed by atoms with van der Waals surface area (Å²) in [5.74, 6) is -0.112. The van der Waals surface area contributed by atoms with Gasteiger partial charge in [0.15, 0.2) is 0 Å². The van der Waals surface area contributed by atoms with Crippen LogP contribution in [0.1, 0.15) is 24.8 Å². The molecule has 4 atom stereocenters. The number of amides is 1. The van der Waals surface area contributed by atoms with Crippen molar-refractivity contribution >= 4 is 17.6 Å². The Labute approximate surface area is 123 Å². The monoisotopic (exact) mass is 288 g/mol. The Bertz CT molecular complexity index is 570. The third-order valence-electron chi connectivity index (χ3n) is 4.83. The highest BCUT2D eigenvalue weighted by Gasteiger charge is 2.49. The van der Waals surface area contributed by atoms with Crippen LogP contribution < -0.4 is 11.1 Å². The van der Waals surface area contributed by atoms with E-state index < -0.39 is 5.97 Å². The first-order chi connectivity index (χ1) is 10.0. The van der Waals surface area contributed by atoms with E-state index in [1.54, 1.807) is 24.3 Å². The van der Waals surface area contributed by atoms with E-state index >= 15 is 0 Å². The molecule has 1 aromatic rings. The van der Waals surface area contributed by atoms with Crippen LogP contribution in [0.4, 0.5) is 5.69 Å².